The van der Waals surface area contributed by atoms with Crippen LogP contribution < -0.4 is 0 Å². The second-order valence-electron chi connectivity index (χ2n) is 11.9. The van der Waals surface area contributed by atoms with Crippen molar-refractivity contribution in [1.82, 2.24) is 0 Å². The van der Waals surface area contributed by atoms with Gasteiger partial charge in [0.05, 0.1) is 6.61 Å². The van der Waals surface area contributed by atoms with E-state index in [1.807, 2.05) is 0 Å². The normalized spacial score (nSPS) is 18.2. The van der Waals surface area contributed by atoms with Gasteiger partial charge in [-0.3, -0.25) is 9.59 Å². The van der Waals surface area contributed by atoms with E-state index < -0.39 is 0 Å². The Morgan fingerprint density at radius 2 is 0.841 bits per heavy atom. The first kappa shape index (κ1) is 32.6. The van der Waals surface area contributed by atoms with Crippen LogP contribution in [0.5, 0.6) is 0 Å². The lowest BCUT2D eigenvalue weighted by Gasteiger charge is -2.35. The van der Waals surface area contributed by atoms with Gasteiger partial charge in [-0.25, -0.2) is 0 Å². The number of Topliss-reactive ketones (excluding diaryl/α,β-unsaturated/α-hetero) is 1. The molecule has 3 aliphatic carbocycles. The number of hydrogen-bond donors (Lipinski definition) is 0. The maximum atomic E-state index is 11.7. The van der Waals surface area contributed by atoms with Crippen LogP contribution in [0.2, 0.25) is 0 Å². The maximum Gasteiger partial charge on any atom is 0.305 e. The topological polar surface area (TPSA) is 43.4 Å². The Labute approximate surface area is 308 Å². The lowest BCUT2D eigenvalue weighted by molar-refractivity contribution is -0.142. The number of fused-ring (bicyclic) bond motifs is 10. The summed E-state index contributed by atoms with van der Waals surface area (Å²) in [6.45, 7) is 0.483. The van der Waals surface area contributed by atoms with Gasteiger partial charge in [-0.2, -0.15) is 0 Å². The molecule has 1 aliphatic heterocycles. The number of benzene rings is 4. The van der Waals surface area contributed by atoms with Gasteiger partial charge in [-0.05, 0) is 119 Å². The Morgan fingerprint density at radius 1 is 0.500 bits per heavy atom. The smallest absolute Gasteiger partial charge is 0.305 e. The van der Waals surface area contributed by atoms with Gasteiger partial charge in [0.1, 0.15) is 5.78 Å². The molecule has 4 aromatic carbocycles. The van der Waals surface area contributed by atoms with Crippen LogP contribution in [-0.2, 0) is 25.2 Å². The first-order valence-corrected chi connectivity index (χ1v) is 17.8. The van der Waals surface area contributed by atoms with Crippen LogP contribution in [-0.4, -0.2) is 18.4 Å². The molecule has 4 aliphatic rings. The maximum absolute atomic E-state index is 11.7. The first-order valence-electron chi connectivity index (χ1n) is 14.6. The summed E-state index contributed by atoms with van der Waals surface area (Å²) in [5.41, 5.74) is 10.5. The van der Waals surface area contributed by atoms with Crippen molar-refractivity contribution in [3.05, 3.63) is 113 Å². The molecule has 0 N–H and O–H groups in total. The molecule has 0 aromatic heterocycles. The lowest BCUT2D eigenvalue weighted by atomic mass is 9.67. The Balaban J connectivity index is 0.000000153. The van der Waals surface area contributed by atoms with Crippen LogP contribution in [0.4, 0.5) is 0 Å². The standard InChI is InChI=1S/C18H14Br2O2.C18H14Br2O.HI/c19-11-1-3-13-14-4-2-12(20)10-16(14)18(15(13)9-11)6-5-17(21)22-8-7-18;19-11-1-3-14-15-4-2-12(20)10-17(15)18(16(14)9-11)7-5-13(21)6-8-18;/h1-4,9-10H,5-8H2;1-4,9-10H,5-8H2;1H. The van der Waals surface area contributed by atoms with Gasteiger partial charge in [0.15, 0.2) is 0 Å². The summed E-state index contributed by atoms with van der Waals surface area (Å²) in [5.74, 6) is 0.317. The van der Waals surface area contributed by atoms with Crippen molar-refractivity contribution in [2.45, 2.75) is 55.8 Å². The third-order valence-corrected chi connectivity index (χ3v) is 11.8. The Morgan fingerprint density at radius 3 is 1.23 bits per heavy atom. The second-order valence-corrected chi connectivity index (χ2v) is 15.6. The number of cyclic esters (lactones) is 1. The highest BCUT2D eigenvalue weighted by atomic mass is 127. The lowest BCUT2D eigenvalue weighted by Crippen LogP contribution is -2.31. The predicted octanol–water partition coefficient (Wildman–Crippen LogP) is 11.4. The van der Waals surface area contributed by atoms with E-state index in [1.54, 1.807) is 0 Å². The highest BCUT2D eigenvalue weighted by Gasteiger charge is 2.46. The molecule has 0 unspecified atom stereocenters. The largest absolute Gasteiger partial charge is 0.466 e. The van der Waals surface area contributed by atoms with E-state index in [4.69, 9.17) is 4.74 Å². The molecule has 8 rings (SSSR count). The zero-order valence-electron chi connectivity index (χ0n) is 23.7. The number of halogens is 5. The fourth-order valence-electron chi connectivity index (χ4n) is 7.76. The molecule has 226 valence electrons. The summed E-state index contributed by atoms with van der Waals surface area (Å²) < 4.78 is 9.70. The molecule has 44 heavy (non-hydrogen) atoms. The summed E-state index contributed by atoms with van der Waals surface area (Å²) >= 11 is 14.4. The third-order valence-electron chi connectivity index (χ3n) is 9.78. The van der Waals surface area contributed by atoms with Crippen molar-refractivity contribution >= 4 is 99.4 Å². The molecule has 2 fully saturated rings. The molecule has 3 nitrogen and oxygen atoms in total. The molecule has 0 radical (unpaired) electrons. The van der Waals surface area contributed by atoms with E-state index in [-0.39, 0.29) is 40.8 Å². The molecule has 8 heteroatoms. The quantitative estimate of drug-likeness (QED) is 0.130. The molecule has 2 spiro atoms. The monoisotopic (exact) mass is 952 g/mol. The Kier molecular flexibility index (Phi) is 9.41. The third kappa shape index (κ3) is 5.52. The van der Waals surface area contributed by atoms with Crippen molar-refractivity contribution in [3.8, 4) is 22.3 Å². The van der Waals surface area contributed by atoms with Crippen LogP contribution in [0.3, 0.4) is 0 Å². The van der Waals surface area contributed by atoms with Gasteiger partial charge in [-0.1, -0.05) is 88.0 Å². The van der Waals surface area contributed by atoms with Gasteiger partial charge < -0.3 is 4.74 Å². The molecule has 1 heterocycles. The van der Waals surface area contributed by atoms with Crippen LogP contribution in [0, 0.1) is 0 Å². The number of hydrogen-bond acceptors (Lipinski definition) is 3. The van der Waals surface area contributed by atoms with Crippen LogP contribution in [0.15, 0.2) is 90.7 Å². The summed E-state index contributed by atoms with van der Waals surface area (Å²) in [6, 6.07) is 26.1. The van der Waals surface area contributed by atoms with E-state index >= 15 is 0 Å². The van der Waals surface area contributed by atoms with Gasteiger partial charge in [0.25, 0.3) is 0 Å². The fourth-order valence-corrected chi connectivity index (χ4v) is 9.21. The number of ether oxygens (including phenoxy) is 1. The molecule has 0 amide bonds. The zero-order valence-corrected chi connectivity index (χ0v) is 32.4. The number of carbonyl (C=O) groups excluding carboxylic acids is 2. The number of esters is 1. The van der Waals surface area contributed by atoms with Gasteiger partial charge in [0, 0.05) is 48.0 Å². The van der Waals surface area contributed by atoms with Gasteiger partial charge in [0.2, 0.25) is 0 Å². The highest BCUT2D eigenvalue weighted by Crippen LogP contribution is 2.57. The predicted molar refractivity (Wildman–Crippen MR) is 200 cm³/mol. The van der Waals surface area contributed by atoms with E-state index in [0.717, 1.165) is 43.6 Å². The molecular weight excluding hydrogens is 927 g/mol. The van der Waals surface area contributed by atoms with Crippen LogP contribution >= 0.6 is 87.7 Å². The Hall–Kier alpha value is -1.33. The minimum absolute atomic E-state index is 0. The molecule has 1 saturated carbocycles. The van der Waals surface area contributed by atoms with Crippen molar-refractivity contribution in [3.63, 3.8) is 0 Å². The summed E-state index contributed by atoms with van der Waals surface area (Å²) in [7, 11) is 0. The summed E-state index contributed by atoms with van der Waals surface area (Å²) in [6.07, 6.45) is 5.36. The molecular formula is C36H29Br4IO3. The van der Waals surface area contributed by atoms with Crippen molar-refractivity contribution in [2.24, 2.45) is 0 Å². The van der Waals surface area contributed by atoms with E-state index in [2.05, 4.69) is 137 Å². The minimum Gasteiger partial charge on any atom is -0.466 e. The zero-order chi connectivity index (χ0) is 29.9. The molecule has 4 aromatic rings. The van der Waals surface area contributed by atoms with Crippen molar-refractivity contribution in [1.29, 1.82) is 0 Å². The molecule has 0 bridgehead atoms. The first-order chi connectivity index (χ1) is 20.7. The second kappa shape index (κ2) is 12.7. The number of rotatable bonds is 0. The van der Waals surface area contributed by atoms with Gasteiger partial charge in [-0.15, -0.1) is 24.0 Å². The van der Waals surface area contributed by atoms with E-state index in [9.17, 15) is 9.59 Å². The molecule has 1 saturated heterocycles. The van der Waals surface area contributed by atoms with Crippen LogP contribution in [0.25, 0.3) is 22.3 Å². The average molecular weight is 956 g/mol. The SMILES string of the molecule is I.O=C1CCC2(CC1)c1cc(Br)ccc1-c1ccc(Br)cc12.O=C1CCC2(CCO1)c1cc(Br)ccc1-c1ccc(Br)cc12. The Bertz CT molecular complexity index is 1700. The number of ketones is 1. The molecule has 0 atom stereocenters. The van der Waals surface area contributed by atoms with Crippen molar-refractivity contribution < 1.29 is 14.3 Å². The summed E-state index contributed by atoms with van der Waals surface area (Å²) in [5, 5.41) is 0. The minimum atomic E-state index is -0.121. The van der Waals surface area contributed by atoms with E-state index in [1.165, 1.54) is 44.5 Å². The average Bonchev–Trinajstić information content (AvgIpc) is 3.27. The van der Waals surface area contributed by atoms with E-state index in [0.29, 0.717) is 31.7 Å². The highest BCUT2D eigenvalue weighted by molar-refractivity contribution is 14.0. The van der Waals surface area contributed by atoms with Crippen molar-refractivity contribution in [2.75, 3.05) is 6.61 Å². The fraction of sp³-hybridized carbons (Fsp3) is 0.278. The van der Waals surface area contributed by atoms with Gasteiger partial charge >= 0.3 is 5.97 Å². The number of carbonyl (C=O) groups is 2. The van der Waals surface area contributed by atoms with Crippen LogP contribution in [0.1, 0.15) is 67.2 Å². The summed E-state index contributed by atoms with van der Waals surface area (Å²) in [4.78, 5) is 23.5.